The minimum absolute atomic E-state index is 0.0590. The topological polar surface area (TPSA) is 80.6 Å². The van der Waals surface area contributed by atoms with Crippen molar-refractivity contribution in [3.8, 4) is 11.5 Å². The molecule has 0 unspecified atom stereocenters. The van der Waals surface area contributed by atoms with Gasteiger partial charge in [-0.2, -0.15) is 13.2 Å². The Labute approximate surface area is 172 Å². The lowest BCUT2D eigenvalue weighted by atomic mass is 10.1. The van der Waals surface area contributed by atoms with Gasteiger partial charge in [0, 0.05) is 25.2 Å². The number of aromatic hydroxyl groups is 1. The van der Waals surface area contributed by atoms with Crippen LogP contribution >= 0.6 is 0 Å². The van der Waals surface area contributed by atoms with Crippen LogP contribution in [-0.2, 0) is 12.7 Å². The van der Waals surface area contributed by atoms with Gasteiger partial charge in [-0.15, -0.1) is 0 Å². The molecule has 1 atom stereocenters. The van der Waals surface area contributed by atoms with Crippen LogP contribution in [0.2, 0.25) is 0 Å². The van der Waals surface area contributed by atoms with Gasteiger partial charge in [0.1, 0.15) is 5.75 Å². The number of ether oxygens (including phenoxy) is 1. The van der Waals surface area contributed by atoms with Crippen molar-refractivity contribution < 1.29 is 27.8 Å². The summed E-state index contributed by atoms with van der Waals surface area (Å²) < 4.78 is 45.5. The van der Waals surface area contributed by atoms with Crippen LogP contribution in [0.1, 0.15) is 43.1 Å². The fourth-order valence-electron chi connectivity index (χ4n) is 2.83. The molecule has 0 aliphatic heterocycles. The average molecular weight is 426 g/mol. The maximum atomic E-state index is 13.0. The molecular weight excluding hydrogens is 401 g/mol. The van der Waals surface area contributed by atoms with Gasteiger partial charge in [0.2, 0.25) is 0 Å². The molecular formula is C21H25F3N2O4. The third-order valence-electron chi connectivity index (χ3n) is 4.32. The van der Waals surface area contributed by atoms with Crippen LogP contribution in [-0.4, -0.2) is 28.2 Å². The van der Waals surface area contributed by atoms with Gasteiger partial charge in [-0.3, -0.25) is 9.59 Å². The Morgan fingerprint density at radius 1 is 1.20 bits per heavy atom. The molecule has 1 aromatic heterocycles. The summed E-state index contributed by atoms with van der Waals surface area (Å²) in [6.45, 7) is 5.83. The molecule has 2 rings (SSSR count). The molecule has 0 aliphatic rings. The van der Waals surface area contributed by atoms with E-state index in [9.17, 15) is 27.9 Å². The fourth-order valence-corrected chi connectivity index (χ4v) is 2.83. The van der Waals surface area contributed by atoms with Gasteiger partial charge in [0.05, 0.1) is 17.7 Å². The summed E-state index contributed by atoms with van der Waals surface area (Å²) in [4.78, 5) is 24.5. The van der Waals surface area contributed by atoms with Gasteiger partial charge < -0.3 is 19.7 Å². The third-order valence-corrected chi connectivity index (χ3v) is 4.32. The number of pyridine rings is 1. The number of amides is 1. The van der Waals surface area contributed by atoms with Crippen LogP contribution in [0.3, 0.4) is 0 Å². The summed E-state index contributed by atoms with van der Waals surface area (Å²) in [6.07, 6.45) is -2.86. The standard InChI is InChI=1S/C21H25F3N2O4/c1-13(2)12-26-10-8-15(18(27)20(26)29)19(28)25-14(3)9-11-30-17-7-5-4-6-16(17)21(22,23)24/h4-8,10,13-14,27H,9,11-12H2,1-3H3,(H,25,28)/t14-/m1/s1. The van der Waals surface area contributed by atoms with Gasteiger partial charge in [-0.05, 0) is 31.0 Å². The lowest BCUT2D eigenvalue weighted by molar-refractivity contribution is -0.138. The van der Waals surface area contributed by atoms with E-state index in [2.05, 4.69) is 5.32 Å². The molecule has 164 valence electrons. The number of alkyl halides is 3. The number of hydrogen-bond acceptors (Lipinski definition) is 4. The first-order valence-electron chi connectivity index (χ1n) is 9.53. The first kappa shape index (κ1) is 23.3. The van der Waals surface area contributed by atoms with Crippen LogP contribution < -0.4 is 15.6 Å². The number of rotatable bonds is 8. The second-order valence-corrected chi connectivity index (χ2v) is 7.43. The Balaban J connectivity index is 1.96. The number of nitrogens with zero attached hydrogens (tertiary/aromatic N) is 1. The summed E-state index contributed by atoms with van der Waals surface area (Å²) in [5.74, 6) is -1.39. The Hall–Kier alpha value is -2.97. The summed E-state index contributed by atoms with van der Waals surface area (Å²) in [5, 5.41) is 12.7. The van der Waals surface area contributed by atoms with Crippen molar-refractivity contribution in [3.63, 3.8) is 0 Å². The third kappa shape index (κ3) is 6.01. The quantitative estimate of drug-likeness (QED) is 0.673. The molecule has 0 bridgehead atoms. The van der Waals surface area contributed by atoms with E-state index in [1.165, 1.54) is 35.0 Å². The van der Waals surface area contributed by atoms with Crippen LogP contribution in [0.15, 0.2) is 41.3 Å². The van der Waals surface area contributed by atoms with Crippen molar-refractivity contribution in [3.05, 3.63) is 58.0 Å². The zero-order valence-corrected chi connectivity index (χ0v) is 17.0. The highest BCUT2D eigenvalue weighted by Gasteiger charge is 2.34. The first-order chi connectivity index (χ1) is 14.0. The normalized spacial score (nSPS) is 12.6. The molecule has 0 aliphatic carbocycles. The molecule has 30 heavy (non-hydrogen) atoms. The number of benzene rings is 1. The van der Waals surface area contributed by atoms with E-state index in [4.69, 9.17) is 4.74 Å². The predicted octanol–water partition coefficient (Wildman–Crippen LogP) is 3.82. The van der Waals surface area contributed by atoms with Crippen LogP contribution in [0.5, 0.6) is 11.5 Å². The molecule has 0 saturated heterocycles. The zero-order valence-electron chi connectivity index (χ0n) is 17.0. The monoisotopic (exact) mass is 426 g/mol. The van der Waals surface area contributed by atoms with Gasteiger partial charge in [-0.1, -0.05) is 26.0 Å². The number of nitrogens with one attached hydrogen (secondary N) is 1. The number of aromatic nitrogens is 1. The highest BCUT2D eigenvalue weighted by molar-refractivity contribution is 5.96. The Bertz CT molecular complexity index is 939. The van der Waals surface area contributed by atoms with Crippen LogP contribution in [0, 0.1) is 5.92 Å². The maximum Gasteiger partial charge on any atom is 0.419 e. The smallest absolute Gasteiger partial charge is 0.419 e. The average Bonchev–Trinajstić information content (AvgIpc) is 2.64. The molecule has 1 aromatic carbocycles. The second-order valence-electron chi connectivity index (χ2n) is 7.43. The van der Waals surface area contributed by atoms with E-state index >= 15 is 0 Å². The minimum atomic E-state index is -4.52. The maximum absolute atomic E-state index is 13.0. The lowest BCUT2D eigenvalue weighted by Crippen LogP contribution is -2.35. The van der Waals surface area contributed by atoms with Gasteiger partial charge in [0.25, 0.3) is 11.5 Å². The largest absolute Gasteiger partial charge is 0.502 e. The summed E-state index contributed by atoms with van der Waals surface area (Å²) in [5.41, 5.74) is -1.68. The molecule has 2 aromatic rings. The number of carbonyl (C=O) groups excluding carboxylic acids is 1. The molecule has 2 N–H and O–H groups in total. The SMILES string of the molecule is CC(C)Cn1ccc(C(=O)N[C@H](C)CCOc2ccccc2C(F)(F)F)c(O)c1=O. The minimum Gasteiger partial charge on any atom is -0.502 e. The van der Waals surface area contributed by atoms with Crippen molar-refractivity contribution in [1.82, 2.24) is 9.88 Å². The van der Waals surface area contributed by atoms with Crippen LogP contribution in [0.25, 0.3) is 0 Å². The number of para-hydroxylation sites is 1. The lowest BCUT2D eigenvalue weighted by Gasteiger charge is -2.17. The Morgan fingerprint density at radius 2 is 1.87 bits per heavy atom. The summed E-state index contributed by atoms with van der Waals surface area (Å²) in [6, 6.07) is 5.78. The van der Waals surface area contributed by atoms with Gasteiger partial charge in [0.15, 0.2) is 5.75 Å². The molecule has 0 fully saturated rings. The number of hydrogen-bond donors (Lipinski definition) is 2. The summed E-state index contributed by atoms with van der Waals surface area (Å²) >= 11 is 0. The van der Waals surface area contributed by atoms with E-state index in [1.54, 1.807) is 6.92 Å². The van der Waals surface area contributed by atoms with Gasteiger partial charge in [-0.25, -0.2) is 0 Å². The van der Waals surface area contributed by atoms with E-state index in [0.717, 1.165) is 6.07 Å². The van der Waals surface area contributed by atoms with Gasteiger partial charge >= 0.3 is 6.18 Å². The molecule has 1 amide bonds. The Morgan fingerprint density at radius 3 is 2.50 bits per heavy atom. The van der Waals surface area contributed by atoms with Crippen molar-refractivity contribution in [2.45, 2.75) is 46.0 Å². The van der Waals surface area contributed by atoms with Crippen molar-refractivity contribution >= 4 is 5.91 Å². The Kier molecular flexibility index (Phi) is 7.53. The highest BCUT2D eigenvalue weighted by atomic mass is 19.4. The molecule has 1 heterocycles. The zero-order chi connectivity index (χ0) is 22.5. The van der Waals surface area contributed by atoms with E-state index in [0.29, 0.717) is 6.54 Å². The van der Waals surface area contributed by atoms with Crippen molar-refractivity contribution in [2.24, 2.45) is 5.92 Å². The van der Waals surface area contributed by atoms with E-state index < -0.39 is 35.0 Å². The number of halogens is 3. The predicted molar refractivity (Wildman–Crippen MR) is 106 cm³/mol. The highest BCUT2D eigenvalue weighted by Crippen LogP contribution is 2.35. The van der Waals surface area contributed by atoms with E-state index in [-0.39, 0.29) is 30.3 Å². The fraction of sp³-hybridized carbons (Fsp3) is 0.429. The van der Waals surface area contributed by atoms with E-state index in [1.807, 2.05) is 13.8 Å². The molecule has 0 saturated carbocycles. The van der Waals surface area contributed by atoms with Crippen LogP contribution in [0.4, 0.5) is 13.2 Å². The molecule has 0 radical (unpaired) electrons. The number of carbonyl (C=O) groups is 1. The molecule has 0 spiro atoms. The van der Waals surface area contributed by atoms with Crippen molar-refractivity contribution in [2.75, 3.05) is 6.61 Å². The first-order valence-corrected chi connectivity index (χ1v) is 9.53. The summed E-state index contributed by atoms with van der Waals surface area (Å²) in [7, 11) is 0. The molecule has 6 nitrogen and oxygen atoms in total. The van der Waals surface area contributed by atoms with Crippen molar-refractivity contribution in [1.29, 1.82) is 0 Å². The second kappa shape index (κ2) is 9.69. The molecule has 9 heteroatoms.